The molecule has 2 heterocycles. The topological polar surface area (TPSA) is 42.7 Å². The zero-order valence-electron chi connectivity index (χ0n) is 12.8. The molecule has 0 fully saturated rings. The van der Waals surface area contributed by atoms with Gasteiger partial charge in [-0.15, -0.1) is 11.3 Å². The Balaban J connectivity index is 2.21. The molecule has 0 saturated heterocycles. The molecule has 0 aliphatic carbocycles. The first kappa shape index (κ1) is 15.2. The molecule has 5 heteroatoms. The Morgan fingerprint density at radius 2 is 2.20 bits per heavy atom. The second-order valence-corrected chi connectivity index (χ2v) is 6.09. The Morgan fingerprint density at radius 3 is 2.80 bits per heavy atom. The van der Waals surface area contributed by atoms with E-state index in [1.165, 1.54) is 16.3 Å². The molecule has 2 rings (SSSR count). The number of aryl methyl sites for hydroxylation is 3. The van der Waals surface area contributed by atoms with Gasteiger partial charge >= 0.3 is 0 Å². The molecule has 0 saturated carbocycles. The van der Waals surface area contributed by atoms with Crippen molar-refractivity contribution in [3.63, 3.8) is 0 Å². The first-order chi connectivity index (χ1) is 9.63. The third-order valence-electron chi connectivity index (χ3n) is 3.33. The van der Waals surface area contributed by atoms with Crippen LogP contribution in [0.15, 0.2) is 11.6 Å². The van der Waals surface area contributed by atoms with Crippen LogP contribution in [-0.4, -0.2) is 21.3 Å². The lowest BCUT2D eigenvalue weighted by molar-refractivity contribution is 0.524. The molecular weight excluding hydrogens is 268 g/mol. The summed E-state index contributed by atoms with van der Waals surface area (Å²) < 4.78 is 1.92. The van der Waals surface area contributed by atoms with Crippen molar-refractivity contribution < 1.29 is 0 Å². The standard InChI is InChI=1S/C15H24N4S/c1-5-7-16-14(8-15-17-11(3)10-20-15)12-9-19(4)18-13(12)6-2/h9-10,14,16H,5-8H2,1-4H3. The molecule has 1 unspecified atom stereocenters. The fourth-order valence-corrected chi connectivity index (χ4v) is 3.22. The fourth-order valence-electron chi connectivity index (χ4n) is 2.40. The van der Waals surface area contributed by atoms with E-state index in [0.29, 0.717) is 6.04 Å². The average molecular weight is 292 g/mol. The fraction of sp³-hybridized carbons (Fsp3) is 0.600. The Labute approximate surface area is 125 Å². The summed E-state index contributed by atoms with van der Waals surface area (Å²) in [5.74, 6) is 0. The Morgan fingerprint density at radius 1 is 1.40 bits per heavy atom. The molecule has 2 aromatic rings. The van der Waals surface area contributed by atoms with E-state index in [2.05, 4.69) is 47.7 Å². The maximum atomic E-state index is 4.60. The molecule has 20 heavy (non-hydrogen) atoms. The van der Waals surface area contributed by atoms with E-state index in [9.17, 15) is 0 Å². The minimum Gasteiger partial charge on any atom is -0.309 e. The molecule has 110 valence electrons. The number of hydrogen-bond donors (Lipinski definition) is 1. The summed E-state index contributed by atoms with van der Waals surface area (Å²) in [6.07, 6.45) is 5.19. The van der Waals surface area contributed by atoms with Gasteiger partial charge in [0.15, 0.2) is 0 Å². The predicted molar refractivity (Wildman–Crippen MR) is 84.2 cm³/mol. The number of aromatic nitrogens is 3. The van der Waals surface area contributed by atoms with Gasteiger partial charge < -0.3 is 5.32 Å². The number of rotatable bonds is 7. The van der Waals surface area contributed by atoms with Crippen LogP contribution in [0.4, 0.5) is 0 Å². The number of thiazole rings is 1. The van der Waals surface area contributed by atoms with Gasteiger partial charge in [-0.3, -0.25) is 4.68 Å². The van der Waals surface area contributed by atoms with Crippen molar-refractivity contribution in [3.05, 3.63) is 33.5 Å². The number of nitrogens with one attached hydrogen (secondary N) is 1. The largest absolute Gasteiger partial charge is 0.309 e. The third kappa shape index (κ3) is 3.67. The van der Waals surface area contributed by atoms with Gasteiger partial charge in [-0.2, -0.15) is 5.10 Å². The van der Waals surface area contributed by atoms with Gasteiger partial charge in [-0.1, -0.05) is 13.8 Å². The highest BCUT2D eigenvalue weighted by atomic mass is 32.1. The molecule has 0 bridgehead atoms. The first-order valence-electron chi connectivity index (χ1n) is 7.30. The maximum absolute atomic E-state index is 4.60. The summed E-state index contributed by atoms with van der Waals surface area (Å²) in [4.78, 5) is 4.60. The van der Waals surface area contributed by atoms with Gasteiger partial charge in [0.1, 0.15) is 0 Å². The highest BCUT2D eigenvalue weighted by Crippen LogP contribution is 2.23. The second kappa shape index (κ2) is 6.99. The quantitative estimate of drug-likeness (QED) is 0.853. The molecule has 1 N–H and O–H groups in total. The molecule has 1 atom stereocenters. The van der Waals surface area contributed by atoms with E-state index in [4.69, 9.17) is 0 Å². The van der Waals surface area contributed by atoms with E-state index in [1.807, 2.05) is 11.7 Å². The van der Waals surface area contributed by atoms with Crippen LogP contribution in [0.1, 0.15) is 48.3 Å². The first-order valence-corrected chi connectivity index (χ1v) is 8.18. The van der Waals surface area contributed by atoms with Crippen LogP contribution >= 0.6 is 11.3 Å². The van der Waals surface area contributed by atoms with Crippen LogP contribution in [0.2, 0.25) is 0 Å². The number of hydrogen-bond acceptors (Lipinski definition) is 4. The molecular formula is C15H24N4S. The zero-order valence-corrected chi connectivity index (χ0v) is 13.6. The minimum absolute atomic E-state index is 0.309. The van der Waals surface area contributed by atoms with Crippen molar-refractivity contribution in [3.8, 4) is 0 Å². The van der Waals surface area contributed by atoms with Gasteiger partial charge in [0.25, 0.3) is 0 Å². The van der Waals surface area contributed by atoms with Crippen molar-refractivity contribution in [2.75, 3.05) is 6.54 Å². The van der Waals surface area contributed by atoms with E-state index in [-0.39, 0.29) is 0 Å². The van der Waals surface area contributed by atoms with Crippen LogP contribution in [-0.2, 0) is 19.9 Å². The average Bonchev–Trinajstić information content (AvgIpc) is 3.00. The Hall–Kier alpha value is -1.20. The van der Waals surface area contributed by atoms with E-state index in [1.54, 1.807) is 11.3 Å². The van der Waals surface area contributed by atoms with Crippen molar-refractivity contribution in [2.45, 2.75) is 46.1 Å². The Bertz CT molecular complexity index is 544. The smallest absolute Gasteiger partial charge is 0.0947 e. The third-order valence-corrected chi connectivity index (χ3v) is 4.32. The van der Waals surface area contributed by atoms with Crippen LogP contribution < -0.4 is 5.32 Å². The van der Waals surface area contributed by atoms with Crippen LogP contribution in [0.3, 0.4) is 0 Å². The molecule has 2 aromatic heterocycles. The van der Waals surface area contributed by atoms with Gasteiger partial charge in [0, 0.05) is 42.3 Å². The van der Waals surface area contributed by atoms with Crippen molar-refractivity contribution in [1.29, 1.82) is 0 Å². The number of nitrogens with zero attached hydrogens (tertiary/aromatic N) is 3. The van der Waals surface area contributed by atoms with E-state index in [0.717, 1.165) is 31.5 Å². The van der Waals surface area contributed by atoms with E-state index >= 15 is 0 Å². The molecule has 0 aliphatic rings. The van der Waals surface area contributed by atoms with Crippen LogP contribution in [0.5, 0.6) is 0 Å². The van der Waals surface area contributed by atoms with Gasteiger partial charge in [0.05, 0.1) is 10.7 Å². The summed E-state index contributed by atoms with van der Waals surface area (Å²) >= 11 is 1.75. The molecule has 0 radical (unpaired) electrons. The molecule has 0 aliphatic heterocycles. The monoisotopic (exact) mass is 292 g/mol. The lowest BCUT2D eigenvalue weighted by Gasteiger charge is -2.17. The minimum atomic E-state index is 0.309. The molecule has 4 nitrogen and oxygen atoms in total. The molecule has 0 amide bonds. The normalized spacial score (nSPS) is 12.8. The maximum Gasteiger partial charge on any atom is 0.0947 e. The second-order valence-electron chi connectivity index (χ2n) is 5.15. The summed E-state index contributed by atoms with van der Waals surface area (Å²) in [6, 6.07) is 0.309. The van der Waals surface area contributed by atoms with Gasteiger partial charge in [-0.05, 0) is 26.3 Å². The highest BCUT2D eigenvalue weighted by Gasteiger charge is 2.19. The Kier molecular flexibility index (Phi) is 5.31. The zero-order chi connectivity index (χ0) is 14.5. The summed E-state index contributed by atoms with van der Waals surface area (Å²) in [7, 11) is 1.99. The molecule has 0 spiro atoms. The van der Waals surface area contributed by atoms with Crippen molar-refractivity contribution >= 4 is 11.3 Å². The van der Waals surface area contributed by atoms with Crippen molar-refractivity contribution in [2.24, 2.45) is 7.05 Å². The lowest BCUT2D eigenvalue weighted by Crippen LogP contribution is -2.24. The van der Waals surface area contributed by atoms with E-state index < -0.39 is 0 Å². The lowest BCUT2D eigenvalue weighted by atomic mass is 10.0. The summed E-state index contributed by atoms with van der Waals surface area (Å²) in [5.41, 5.74) is 3.62. The van der Waals surface area contributed by atoms with Crippen LogP contribution in [0.25, 0.3) is 0 Å². The molecule has 0 aromatic carbocycles. The van der Waals surface area contributed by atoms with Crippen LogP contribution in [0, 0.1) is 6.92 Å². The summed E-state index contributed by atoms with van der Waals surface area (Å²) in [6.45, 7) is 7.43. The van der Waals surface area contributed by atoms with Gasteiger partial charge in [0.2, 0.25) is 0 Å². The predicted octanol–water partition coefficient (Wildman–Crippen LogP) is 3.03. The SMILES string of the molecule is CCCNC(Cc1nc(C)cs1)c1cn(C)nc1CC. The van der Waals surface area contributed by atoms with Crippen molar-refractivity contribution in [1.82, 2.24) is 20.1 Å². The van der Waals surface area contributed by atoms with Gasteiger partial charge in [-0.25, -0.2) is 4.98 Å². The summed E-state index contributed by atoms with van der Waals surface area (Å²) in [5, 5.41) is 11.5. The highest BCUT2D eigenvalue weighted by molar-refractivity contribution is 7.09.